The van der Waals surface area contributed by atoms with Gasteiger partial charge in [0.15, 0.2) is 0 Å². The Bertz CT molecular complexity index is 1370. The molecule has 6 nitrogen and oxygen atoms in total. The number of hydrogen-bond acceptors (Lipinski definition) is 5. The molecule has 190 valence electrons. The smallest absolute Gasteiger partial charge is 0.264 e. The molecule has 1 saturated heterocycles. The largest absolute Gasteiger partial charge is 0.496 e. The molecule has 0 aromatic heterocycles. The first-order valence-electron chi connectivity index (χ1n) is 12.4. The standard InChI is InChI=1S/C30H31N3O3S/c1-20-9-12-24(13-10-20)33-16-15-32(19-21(33)2)29(34)23-11-14-27-25(17-23)31(3)30(35)28(37-27)18-22-7-5-6-8-26(22)36-4/h5-14,17-18,21H,15-16,19H2,1-4H3/b28-18-. The number of anilines is 2. The lowest BCUT2D eigenvalue weighted by atomic mass is 10.1. The van der Waals surface area contributed by atoms with Crippen LogP contribution in [0.1, 0.15) is 28.4 Å². The molecular formula is C30H31N3O3S. The van der Waals surface area contributed by atoms with Gasteiger partial charge in [0.05, 0.1) is 17.7 Å². The van der Waals surface area contributed by atoms with Gasteiger partial charge in [-0.1, -0.05) is 47.7 Å². The van der Waals surface area contributed by atoms with Crippen LogP contribution < -0.4 is 14.5 Å². The molecule has 1 unspecified atom stereocenters. The number of carbonyl (C=O) groups excluding carboxylic acids is 2. The molecule has 0 N–H and O–H groups in total. The zero-order valence-corrected chi connectivity index (χ0v) is 22.4. The van der Waals surface area contributed by atoms with Crippen molar-refractivity contribution < 1.29 is 14.3 Å². The summed E-state index contributed by atoms with van der Waals surface area (Å²) in [6.07, 6.45) is 1.86. The first kappa shape index (κ1) is 25.0. The second kappa shape index (κ2) is 10.3. The van der Waals surface area contributed by atoms with Gasteiger partial charge in [-0.2, -0.15) is 0 Å². The van der Waals surface area contributed by atoms with Gasteiger partial charge in [0, 0.05) is 54.4 Å². The zero-order chi connectivity index (χ0) is 26.1. The second-order valence-corrected chi connectivity index (χ2v) is 10.6. The van der Waals surface area contributed by atoms with E-state index in [0.717, 1.165) is 28.4 Å². The highest BCUT2D eigenvalue weighted by atomic mass is 32.2. The van der Waals surface area contributed by atoms with Crippen LogP contribution in [-0.4, -0.2) is 56.5 Å². The highest BCUT2D eigenvalue weighted by Gasteiger charge is 2.30. The maximum atomic E-state index is 13.5. The Hall–Kier alpha value is -3.71. The fourth-order valence-electron chi connectivity index (χ4n) is 4.90. The number of methoxy groups -OCH3 is 1. The van der Waals surface area contributed by atoms with Crippen molar-refractivity contribution in [3.05, 3.63) is 88.3 Å². The van der Waals surface area contributed by atoms with E-state index in [1.165, 1.54) is 23.0 Å². The number of fused-ring (bicyclic) bond motifs is 1. The van der Waals surface area contributed by atoms with Crippen molar-refractivity contribution >= 4 is 41.0 Å². The van der Waals surface area contributed by atoms with Crippen LogP contribution in [-0.2, 0) is 4.79 Å². The lowest BCUT2D eigenvalue weighted by Gasteiger charge is -2.41. The van der Waals surface area contributed by atoms with Crippen molar-refractivity contribution in [2.24, 2.45) is 0 Å². The highest BCUT2D eigenvalue weighted by Crippen LogP contribution is 2.42. The highest BCUT2D eigenvalue weighted by molar-refractivity contribution is 8.04. The average molecular weight is 514 g/mol. The van der Waals surface area contributed by atoms with Gasteiger partial charge in [0.25, 0.3) is 11.8 Å². The topological polar surface area (TPSA) is 53.1 Å². The molecule has 5 rings (SSSR count). The Morgan fingerprint density at radius 2 is 1.81 bits per heavy atom. The molecular weight excluding hydrogens is 482 g/mol. The number of carbonyl (C=O) groups is 2. The van der Waals surface area contributed by atoms with Crippen molar-refractivity contribution in [1.29, 1.82) is 0 Å². The Labute approximate surface area is 222 Å². The lowest BCUT2D eigenvalue weighted by Crippen LogP contribution is -2.53. The van der Waals surface area contributed by atoms with Crippen LogP contribution in [0.2, 0.25) is 0 Å². The summed E-state index contributed by atoms with van der Waals surface area (Å²) < 4.78 is 5.44. The number of rotatable bonds is 4. The minimum absolute atomic E-state index is 0.000541. The molecule has 7 heteroatoms. The maximum absolute atomic E-state index is 13.5. The van der Waals surface area contributed by atoms with Crippen molar-refractivity contribution in [3.63, 3.8) is 0 Å². The minimum atomic E-state index is -0.103. The summed E-state index contributed by atoms with van der Waals surface area (Å²) in [5.41, 5.74) is 4.63. The molecule has 2 heterocycles. The van der Waals surface area contributed by atoms with Crippen LogP contribution in [0.5, 0.6) is 5.75 Å². The van der Waals surface area contributed by atoms with E-state index in [4.69, 9.17) is 4.74 Å². The van der Waals surface area contributed by atoms with E-state index < -0.39 is 0 Å². The summed E-state index contributed by atoms with van der Waals surface area (Å²) in [6, 6.07) is 22.0. The van der Waals surface area contributed by atoms with E-state index in [0.29, 0.717) is 23.6 Å². The molecule has 2 amide bonds. The summed E-state index contributed by atoms with van der Waals surface area (Å²) in [5, 5.41) is 0. The minimum Gasteiger partial charge on any atom is -0.496 e. The molecule has 0 saturated carbocycles. The lowest BCUT2D eigenvalue weighted by molar-refractivity contribution is -0.114. The SMILES string of the molecule is COc1ccccc1/C=C1\Sc2ccc(C(=O)N3CCN(c4ccc(C)cc4)C(C)C3)cc2N(C)C1=O. The first-order chi connectivity index (χ1) is 17.9. The Morgan fingerprint density at radius 1 is 1.05 bits per heavy atom. The number of benzene rings is 3. The van der Waals surface area contributed by atoms with Gasteiger partial charge in [-0.25, -0.2) is 0 Å². The van der Waals surface area contributed by atoms with Crippen LogP contribution in [0.25, 0.3) is 6.08 Å². The van der Waals surface area contributed by atoms with Crippen LogP contribution in [0.15, 0.2) is 76.5 Å². The Morgan fingerprint density at radius 3 is 2.54 bits per heavy atom. The van der Waals surface area contributed by atoms with E-state index in [2.05, 4.69) is 43.0 Å². The van der Waals surface area contributed by atoms with Crippen LogP contribution >= 0.6 is 11.8 Å². The monoisotopic (exact) mass is 513 g/mol. The third-order valence-electron chi connectivity index (χ3n) is 7.01. The number of ether oxygens (including phenoxy) is 1. The second-order valence-electron chi connectivity index (χ2n) is 9.53. The number of hydrogen-bond donors (Lipinski definition) is 0. The van der Waals surface area contributed by atoms with E-state index in [9.17, 15) is 9.59 Å². The summed E-state index contributed by atoms with van der Waals surface area (Å²) in [4.78, 5) is 34.1. The predicted octanol–water partition coefficient (Wildman–Crippen LogP) is 5.46. The average Bonchev–Trinajstić information content (AvgIpc) is 2.92. The molecule has 0 spiro atoms. The van der Waals surface area contributed by atoms with Gasteiger partial charge in [0.2, 0.25) is 0 Å². The summed E-state index contributed by atoms with van der Waals surface area (Å²) in [7, 11) is 3.38. The third-order valence-corrected chi connectivity index (χ3v) is 8.09. The van der Waals surface area contributed by atoms with Gasteiger partial charge in [0.1, 0.15) is 5.75 Å². The number of piperazine rings is 1. The molecule has 1 fully saturated rings. The van der Waals surface area contributed by atoms with Crippen molar-refractivity contribution in [3.8, 4) is 5.75 Å². The maximum Gasteiger partial charge on any atom is 0.264 e. The van der Waals surface area contributed by atoms with Gasteiger partial charge >= 0.3 is 0 Å². The van der Waals surface area contributed by atoms with Gasteiger partial charge in [-0.05, 0) is 56.3 Å². The van der Waals surface area contributed by atoms with E-state index in [-0.39, 0.29) is 17.9 Å². The summed E-state index contributed by atoms with van der Waals surface area (Å²) in [6.45, 7) is 6.34. The Balaban J connectivity index is 1.33. The van der Waals surface area contributed by atoms with Gasteiger partial charge < -0.3 is 19.4 Å². The van der Waals surface area contributed by atoms with Crippen LogP contribution in [0.4, 0.5) is 11.4 Å². The Kier molecular flexibility index (Phi) is 6.98. The van der Waals surface area contributed by atoms with Crippen LogP contribution in [0.3, 0.4) is 0 Å². The van der Waals surface area contributed by atoms with Gasteiger partial charge in [-0.15, -0.1) is 0 Å². The summed E-state index contributed by atoms with van der Waals surface area (Å²) in [5.74, 6) is 0.613. The predicted molar refractivity (Wildman–Crippen MR) is 151 cm³/mol. The van der Waals surface area contributed by atoms with Crippen molar-refractivity contribution in [2.45, 2.75) is 24.8 Å². The number of para-hydroxylation sites is 1. The molecule has 0 aliphatic carbocycles. The van der Waals surface area contributed by atoms with E-state index in [1.54, 1.807) is 19.1 Å². The normalized spacial score (nSPS) is 18.7. The number of thioether (sulfide) groups is 1. The third kappa shape index (κ3) is 4.96. The first-order valence-corrected chi connectivity index (χ1v) is 13.2. The number of likely N-dealkylation sites (N-methyl/N-ethyl adjacent to an activating group) is 1. The van der Waals surface area contributed by atoms with Gasteiger partial charge in [-0.3, -0.25) is 9.59 Å². The van der Waals surface area contributed by atoms with E-state index >= 15 is 0 Å². The van der Waals surface area contributed by atoms with Crippen LogP contribution in [0, 0.1) is 6.92 Å². The quantitative estimate of drug-likeness (QED) is 0.434. The molecule has 0 radical (unpaired) electrons. The van der Waals surface area contributed by atoms with Crippen molar-refractivity contribution in [2.75, 3.05) is 43.6 Å². The molecule has 0 bridgehead atoms. The number of amides is 2. The molecule has 3 aromatic rings. The molecule has 2 aliphatic rings. The molecule has 37 heavy (non-hydrogen) atoms. The summed E-state index contributed by atoms with van der Waals surface area (Å²) >= 11 is 1.42. The number of nitrogens with zero attached hydrogens (tertiary/aromatic N) is 3. The zero-order valence-electron chi connectivity index (χ0n) is 21.6. The fraction of sp³-hybridized carbons (Fsp3) is 0.267. The molecule has 2 aliphatic heterocycles. The van der Waals surface area contributed by atoms with E-state index in [1.807, 2.05) is 53.4 Å². The molecule has 1 atom stereocenters. The van der Waals surface area contributed by atoms with Crippen molar-refractivity contribution in [1.82, 2.24) is 4.90 Å². The number of aryl methyl sites for hydroxylation is 1. The fourth-order valence-corrected chi connectivity index (χ4v) is 5.98. The molecule has 3 aromatic carbocycles.